The quantitative estimate of drug-likeness (QED) is 0.761. The van der Waals surface area contributed by atoms with Crippen LogP contribution < -0.4 is 4.74 Å². The molecule has 0 spiro atoms. The summed E-state index contributed by atoms with van der Waals surface area (Å²) in [5, 5.41) is 9.68. The van der Waals surface area contributed by atoms with Crippen molar-refractivity contribution >= 4 is 0 Å². The third-order valence-corrected chi connectivity index (χ3v) is 3.56. The molecule has 0 saturated heterocycles. The number of hydrogen-bond donors (Lipinski definition) is 1. The second kappa shape index (κ2) is 8.67. The number of ether oxygens (including phenoxy) is 2. The largest absolute Gasteiger partial charge is 0.491 e. The maximum Gasteiger partial charge on any atom is 0.119 e. The van der Waals surface area contributed by atoms with Crippen molar-refractivity contribution in [2.24, 2.45) is 0 Å². The van der Waals surface area contributed by atoms with Crippen LogP contribution in [-0.4, -0.2) is 44.4 Å². The fourth-order valence-corrected chi connectivity index (χ4v) is 2.50. The van der Waals surface area contributed by atoms with E-state index in [9.17, 15) is 5.11 Å². The zero-order chi connectivity index (χ0) is 16.7. The third-order valence-electron chi connectivity index (χ3n) is 3.56. The zero-order valence-corrected chi connectivity index (χ0v) is 14.1. The van der Waals surface area contributed by atoms with E-state index >= 15 is 0 Å². The minimum atomic E-state index is 0.0304. The van der Waals surface area contributed by atoms with Crippen molar-refractivity contribution in [3.05, 3.63) is 53.6 Å². The standard InChI is InChI=1S/C19H25NO3/c1-20(2)13-15-4-9-19(17(12-15)14-21)16-5-7-18(8-6-16)23-11-10-22-3/h4-9,12,21H,10-11,13-14H2,1-3H3. The fourth-order valence-electron chi connectivity index (χ4n) is 2.50. The molecule has 1 N–H and O–H groups in total. The SMILES string of the molecule is COCCOc1ccc(-c2ccc(CN(C)C)cc2CO)cc1. The molecule has 4 heteroatoms. The topological polar surface area (TPSA) is 41.9 Å². The Hall–Kier alpha value is -1.88. The van der Waals surface area contributed by atoms with E-state index in [1.54, 1.807) is 7.11 Å². The first-order valence-electron chi connectivity index (χ1n) is 7.73. The highest BCUT2D eigenvalue weighted by molar-refractivity contribution is 5.68. The summed E-state index contributed by atoms with van der Waals surface area (Å²) in [6, 6.07) is 14.2. The molecule has 0 heterocycles. The highest BCUT2D eigenvalue weighted by atomic mass is 16.5. The van der Waals surface area contributed by atoms with Crippen LogP contribution in [0.1, 0.15) is 11.1 Å². The van der Waals surface area contributed by atoms with E-state index in [0.29, 0.717) is 13.2 Å². The number of nitrogens with zero attached hydrogens (tertiary/aromatic N) is 1. The van der Waals surface area contributed by atoms with Crippen molar-refractivity contribution in [2.75, 3.05) is 34.4 Å². The predicted octanol–water partition coefficient (Wildman–Crippen LogP) is 2.93. The lowest BCUT2D eigenvalue weighted by Gasteiger charge is -2.14. The van der Waals surface area contributed by atoms with E-state index in [2.05, 4.69) is 23.1 Å². The molecule has 0 aliphatic carbocycles. The van der Waals surface area contributed by atoms with Gasteiger partial charge in [-0.15, -0.1) is 0 Å². The van der Waals surface area contributed by atoms with Gasteiger partial charge in [0.15, 0.2) is 0 Å². The Kier molecular flexibility index (Phi) is 6.59. The lowest BCUT2D eigenvalue weighted by atomic mass is 9.97. The first-order valence-corrected chi connectivity index (χ1v) is 7.73. The van der Waals surface area contributed by atoms with Gasteiger partial charge >= 0.3 is 0 Å². The van der Waals surface area contributed by atoms with Gasteiger partial charge in [0.05, 0.1) is 13.2 Å². The predicted molar refractivity (Wildman–Crippen MR) is 92.6 cm³/mol. The van der Waals surface area contributed by atoms with Crippen LogP contribution in [0.25, 0.3) is 11.1 Å². The Morgan fingerprint density at radius 1 is 1.00 bits per heavy atom. The fraction of sp³-hybridized carbons (Fsp3) is 0.368. The van der Waals surface area contributed by atoms with Gasteiger partial charge in [0.25, 0.3) is 0 Å². The highest BCUT2D eigenvalue weighted by Gasteiger charge is 2.07. The zero-order valence-electron chi connectivity index (χ0n) is 14.1. The first-order chi connectivity index (χ1) is 11.1. The van der Waals surface area contributed by atoms with Crippen LogP contribution in [0, 0.1) is 0 Å². The van der Waals surface area contributed by atoms with Gasteiger partial charge in [-0.3, -0.25) is 0 Å². The number of aliphatic hydroxyl groups is 1. The Bertz CT molecular complexity index is 609. The molecule has 0 saturated carbocycles. The Balaban J connectivity index is 2.17. The van der Waals surface area contributed by atoms with Crippen molar-refractivity contribution in [3.63, 3.8) is 0 Å². The van der Waals surface area contributed by atoms with Gasteiger partial charge in [-0.2, -0.15) is 0 Å². The van der Waals surface area contributed by atoms with E-state index in [1.165, 1.54) is 5.56 Å². The van der Waals surface area contributed by atoms with Gasteiger partial charge in [0.2, 0.25) is 0 Å². The number of hydrogen-bond acceptors (Lipinski definition) is 4. The van der Waals surface area contributed by atoms with E-state index in [0.717, 1.165) is 29.0 Å². The number of rotatable bonds is 8. The molecule has 0 unspecified atom stereocenters. The average molecular weight is 315 g/mol. The van der Waals surface area contributed by atoms with Gasteiger partial charge in [0, 0.05) is 13.7 Å². The van der Waals surface area contributed by atoms with Gasteiger partial charge in [0.1, 0.15) is 12.4 Å². The first kappa shape index (κ1) is 17.5. The third kappa shape index (κ3) is 5.06. The van der Waals surface area contributed by atoms with Crippen LogP contribution in [-0.2, 0) is 17.9 Å². The Morgan fingerprint density at radius 2 is 1.74 bits per heavy atom. The van der Waals surface area contributed by atoms with Gasteiger partial charge in [-0.1, -0.05) is 30.3 Å². The summed E-state index contributed by atoms with van der Waals surface area (Å²) in [6.45, 7) is 2.00. The summed E-state index contributed by atoms with van der Waals surface area (Å²) in [6.07, 6.45) is 0. The monoisotopic (exact) mass is 315 g/mol. The average Bonchev–Trinajstić information content (AvgIpc) is 2.55. The van der Waals surface area contributed by atoms with Gasteiger partial charge in [-0.05, 0) is 48.5 Å². The smallest absolute Gasteiger partial charge is 0.119 e. The van der Waals surface area contributed by atoms with Crippen molar-refractivity contribution in [2.45, 2.75) is 13.2 Å². The molecular weight excluding hydrogens is 290 g/mol. The molecule has 2 aromatic rings. The summed E-state index contributed by atoms with van der Waals surface area (Å²) in [5.74, 6) is 0.820. The van der Waals surface area contributed by atoms with Crippen LogP contribution in [0.5, 0.6) is 5.75 Å². The van der Waals surface area contributed by atoms with E-state index < -0.39 is 0 Å². The maximum atomic E-state index is 9.68. The van der Waals surface area contributed by atoms with Gasteiger partial charge < -0.3 is 19.5 Å². The number of aliphatic hydroxyl groups excluding tert-OH is 1. The highest BCUT2D eigenvalue weighted by Crippen LogP contribution is 2.27. The molecule has 2 rings (SSSR count). The van der Waals surface area contributed by atoms with Crippen LogP contribution in [0.3, 0.4) is 0 Å². The van der Waals surface area contributed by atoms with E-state index in [4.69, 9.17) is 9.47 Å². The minimum absolute atomic E-state index is 0.0304. The van der Waals surface area contributed by atoms with Crippen LogP contribution in [0.4, 0.5) is 0 Å². The second-order valence-electron chi connectivity index (χ2n) is 5.75. The lowest BCUT2D eigenvalue weighted by molar-refractivity contribution is 0.146. The minimum Gasteiger partial charge on any atom is -0.491 e. The van der Waals surface area contributed by atoms with Crippen LogP contribution in [0.2, 0.25) is 0 Å². The molecule has 0 atom stereocenters. The van der Waals surface area contributed by atoms with Crippen molar-refractivity contribution in [3.8, 4) is 16.9 Å². The van der Waals surface area contributed by atoms with Crippen molar-refractivity contribution in [1.82, 2.24) is 4.90 Å². The molecule has 0 amide bonds. The molecule has 0 bridgehead atoms. The molecule has 0 aromatic heterocycles. The van der Waals surface area contributed by atoms with Crippen molar-refractivity contribution < 1.29 is 14.6 Å². The summed E-state index contributed by atoms with van der Waals surface area (Å²) < 4.78 is 10.5. The summed E-state index contributed by atoms with van der Waals surface area (Å²) >= 11 is 0. The Morgan fingerprint density at radius 3 is 2.35 bits per heavy atom. The summed E-state index contributed by atoms with van der Waals surface area (Å²) in [5.41, 5.74) is 4.27. The molecule has 124 valence electrons. The number of benzene rings is 2. The van der Waals surface area contributed by atoms with Crippen molar-refractivity contribution in [1.29, 1.82) is 0 Å². The molecule has 0 fully saturated rings. The summed E-state index contributed by atoms with van der Waals surface area (Å²) in [7, 11) is 5.73. The molecular formula is C19H25NO3. The molecule has 4 nitrogen and oxygen atoms in total. The molecule has 23 heavy (non-hydrogen) atoms. The molecule has 2 aromatic carbocycles. The van der Waals surface area contributed by atoms with E-state index in [1.807, 2.05) is 38.4 Å². The molecule has 0 aliphatic heterocycles. The van der Waals surface area contributed by atoms with E-state index in [-0.39, 0.29) is 6.61 Å². The van der Waals surface area contributed by atoms with Crippen LogP contribution in [0.15, 0.2) is 42.5 Å². The molecule has 0 radical (unpaired) electrons. The summed E-state index contributed by atoms with van der Waals surface area (Å²) in [4.78, 5) is 2.11. The molecule has 0 aliphatic rings. The second-order valence-corrected chi connectivity index (χ2v) is 5.75. The van der Waals surface area contributed by atoms with Crippen LogP contribution >= 0.6 is 0 Å². The van der Waals surface area contributed by atoms with Gasteiger partial charge in [-0.25, -0.2) is 0 Å². The number of methoxy groups -OCH3 is 1. The maximum absolute atomic E-state index is 9.68. The Labute approximate surface area is 138 Å². The normalized spacial score (nSPS) is 11.0. The lowest BCUT2D eigenvalue weighted by Crippen LogP contribution is -2.11.